The first kappa shape index (κ1) is 18.0. The van der Waals surface area contributed by atoms with Gasteiger partial charge >= 0.3 is 0 Å². The predicted molar refractivity (Wildman–Crippen MR) is 95.8 cm³/mol. The normalized spacial score (nSPS) is 13.2. The lowest BCUT2D eigenvalue weighted by molar-refractivity contribution is 0.0940. The monoisotopic (exact) mass is 358 g/mol. The summed E-state index contributed by atoms with van der Waals surface area (Å²) in [6, 6.07) is 7.38. The lowest BCUT2D eigenvalue weighted by Crippen LogP contribution is -2.37. The average Bonchev–Trinajstić information content (AvgIpc) is 2.66. The predicted octanol–water partition coefficient (Wildman–Crippen LogP) is 1.43. The summed E-state index contributed by atoms with van der Waals surface area (Å²) < 4.78 is 12.1. The van der Waals surface area contributed by atoms with Crippen LogP contribution in [-0.4, -0.2) is 35.8 Å². The second kappa shape index (κ2) is 7.61. The van der Waals surface area contributed by atoms with Crippen molar-refractivity contribution in [1.29, 1.82) is 0 Å². The largest absolute Gasteiger partial charge is 0.506 e. The van der Waals surface area contributed by atoms with Crippen LogP contribution in [0.4, 0.5) is 0 Å². The number of fused-ring (bicyclic) bond motifs is 1. The number of pyridine rings is 1. The lowest BCUT2D eigenvalue weighted by Gasteiger charge is -2.24. The summed E-state index contributed by atoms with van der Waals surface area (Å²) in [5, 5.41) is 13.1. The maximum absolute atomic E-state index is 13.0. The van der Waals surface area contributed by atoms with Crippen LogP contribution in [0.25, 0.3) is 0 Å². The molecule has 1 amide bonds. The molecule has 0 saturated carbocycles. The third-order valence-electron chi connectivity index (χ3n) is 4.45. The third kappa shape index (κ3) is 3.30. The molecule has 3 rings (SSSR count). The van der Waals surface area contributed by atoms with Gasteiger partial charge in [-0.15, -0.1) is 0 Å². The van der Waals surface area contributed by atoms with E-state index in [0.717, 1.165) is 11.3 Å². The summed E-state index contributed by atoms with van der Waals surface area (Å²) in [4.78, 5) is 25.3. The molecule has 0 saturated heterocycles. The van der Waals surface area contributed by atoms with Gasteiger partial charge in [-0.3, -0.25) is 9.59 Å². The zero-order chi connectivity index (χ0) is 18.7. The fourth-order valence-electron chi connectivity index (χ4n) is 3.12. The zero-order valence-electron chi connectivity index (χ0n) is 14.9. The molecule has 1 aromatic carbocycles. The van der Waals surface area contributed by atoms with Crippen LogP contribution in [0.1, 0.15) is 34.1 Å². The summed E-state index contributed by atoms with van der Waals surface area (Å²) >= 11 is 0. The smallest absolute Gasteiger partial charge is 0.267 e. The zero-order valence-corrected chi connectivity index (χ0v) is 14.9. The highest BCUT2D eigenvalue weighted by molar-refractivity contribution is 5.97. The van der Waals surface area contributed by atoms with Gasteiger partial charge in [0.2, 0.25) is 0 Å². The van der Waals surface area contributed by atoms with Crippen molar-refractivity contribution in [2.75, 3.05) is 20.3 Å². The standard InChI is InChI=1S/C19H22N2O5/c1-3-20-18(23)16-17(22)14-11-26-9-8-15(14)21(19(16)24)10-12-4-6-13(25-2)7-5-12/h4-7,22H,3,8-11H2,1-2H3,(H,20,23). The molecule has 2 aromatic rings. The van der Waals surface area contributed by atoms with Crippen LogP contribution in [0.5, 0.6) is 11.5 Å². The fraction of sp³-hybridized carbons (Fsp3) is 0.368. The highest BCUT2D eigenvalue weighted by Crippen LogP contribution is 2.28. The van der Waals surface area contributed by atoms with Gasteiger partial charge in [-0.05, 0) is 24.6 Å². The summed E-state index contributed by atoms with van der Waals surface area (Å²) in [5.74, 6) is -0.126. The average molecular weight is 358 g/mol. The van der Waals surface area contributed by atoms with Gasteiger partial charge in [-0.2, -0.15) is 0 Å². The molecule has 0 unspecified atom stereocenters. The molecule has 0 spiro atoms. The van der Waals surface area contributed by atoms with Crippen LogP contribution in [-0.2, 0) is 24.3 Å². The molecule has 2 heterocycles. The molecule has 26 heavy (non-hydrogen) atoms. The highest BCUT2D eigenvalue weighted by Gasteiger charge is 2.27. The fourth-order valence-corrected chi connectivity index (χ4v) is 3.12. The van der Waals surface area contributed by atoms with Gasteiger partial charge in [0.05, 0.1) is 26.9 Å². The van der Waals surface area contributed by atoms with Gasteiger partial charge < -0.3 is 24.5 Å². The second-order valence-electron chi connectivity index (χ2n) is 6.05. The molecule has 1 aliphatic rings. The van der Waals surface area contributed by atoms with E-state index in [1.54, 1.807) is 18.6 Å². The molecule has 138 valence electrons. The first-order valence-corrected chi connectivity index (χ1v) is 8.53. The molecule has 7 heteroatoms. The Labute approximate surface area is 151 Å². The van der Waals surface area contributed by atoms with Crippen molar-refractivity contribution in [3.63, 3.8) is 0 Å². The molecule has 0 radical (unpaired) electrons. The van der Waals surface area contributed by atoms with Gasteiger partial charge in [0.15, 0.2) is 0 Å². The van der Waals surface area contributed by atoms with E-state index in [2.05, 4.69) is 5.32 Å². The number of carbonyl (C=O) groups is 1. The number of hydrogen-bond donors (Lipinski definition) is 2. The molecule has 0 bridgehead atoms. The number of benzene rings is 1. The van der Waals surface area contributed by atoms with E-state index in [1.807, 2.05) is 24.3 Å². The highest BCUT2D eigenvalue weighted by atomic mass is 16.5. The van der Waals surface area contributed by atoms with Gasteiger partial charge in [-0.1, -0.05) is 12.1 Å². The number of aromatic hydroxyl groups is 1. The minimum absolute atomic E-state index is 0.177. The Morgan fingerprint density at radius 3 is 2.73 bits per heavy atom. The van der Waals surface area contributed by atoms with E-state index in [1.165, 1.54) is 0 Å². The lowest BCUT2D eigenvalue weighted by atomic mass is 10.0. The number of rotatable bonds is 5. The molecule has 2 N–H and O–H groups in total. The Morgan fingerprint density at radius 2 is 2.08 bits per heavy atom. The van der Waals surface area contributed by atoms with Gasteiger partial charge in [0.25, 0.3) is 11.5 Å². The van der Waals surface area contributed by atoms with E-state index >= 15 is 0 Å². The van der Waals surface area contributed by atoms with Gasteiger partial charge in [0, 0.05) is 24.2 Å². The van der Waals surface area contributed by atoms with E-state index in [4.69, 9.17) is 9.47 Å². The van der Waals surface area contributed by atoms with Crippen molar-refractivity contribution in [3.05, 3.63) is 57.0 Å². The van der Waals surface area contributed by atoms with E-state index in [9.17, 15) is 14.7 Å². The SMILES string of the molecule is CCNC(=O)c1c(O)c2c(n(Cc3ccc(OC)cc3)c1=O)CCOC2. The van der Waals surface area contributed by atoms with Crippen LogP contribution in [0, 0.1) is 0 Å². The van der Waals surface area contributed by atoms with Crippen molar-refractivity contribution in [3.8, 4) is 11.5 Å². The van der Waals surface area contributed by atoms with Gasteiger partial charge in [-0.25, -0.2) is 0 Å². The number of amides is 1. The Hall–Kier alpha value is -2.80. The topological polar surface area (TPSA) is 89.8 Å². The third-order valence-corrected chi connectivity index (χ3v) is 4.45. The number of hydrogen-bond acceptors (Lipinski definition) is 5. The van der Waals surface area contributed by atoms with Crippen LogP contribution in [0.15, 0.2) is 29.1 Å². The maximum Gasteiger partial charge on any atom is 0.267 e. The van der Waals surface area contributed by atoms with E-state index < -0.39 is 11.5 Å². The van der Waals surface area contributed by atoms with Crippen molar-refractivity contribution in [2.24, 2.45) is 0 Å². The van der Waals surface area contributed by atoms with Crippen molar-refractivity contribution in [1.82, 2.24) is 9.88 Å². The second-order valence-corrected chi connectivity index (χ2v) is 6.05. The Bertz CT molecular complexity index is 871. The van der Waals surface area contributed by atoms with Crippen LogP contribution < -0.4 is 15.6 Å². The molecule has 0 aliphatic carbocycles. The van der Waals surface area contributed by atoms with Crippen molar-refractivity contribution < 1.29 is 19.4 Å². The Balaban J connectivity index is 2.11. The Morgan fingerprint density at radius 1 is 1.35 bits per heavy atom. The molecule has 0 fully saturated rings. The number of aromatic nitrogens is 1. The van der Waals surface area contributed by atoms with Gasteiger partial charge in [0.1, 0.15) is 17.1 Å². The number of carbonyl (C=O) groups excluding carboxylic acids is 1. The molecular weight excluding hydrogens is 336 g/mol. The number of nitrogens with zero attached hydrogens (tertiary/aromatic N) is 1. The quantitative estimate of drug-likeness (QED) is 0.844. The van der Waals surface area contributed by atoms with E-state index in [0.29, 0.717) is 37.4 Å². The van der Waals surface area contributed by atoms with Crippen molar-refractivity contribution in [2.45, 2.75) is 26.5 Å². The van der Waals surface area contributed by atoms with E-state index in [-0.39, 0.29) is 17.9 Å². The molecule has 1 aliphatic heterocycles. The van der Waals surface area contributed by atoms with Crippen LogP contribution in [0.2, 0.25) is 0 Å². The van der Waals surface area contributed by atoms with Crippen molar-refractivity contribution >= 4 is 5.91 Å². The molecular formula is C19H22N2O5. The van der Waals surface area contributed by atoms with Crippen LogP contribution in [0.3, 0.4) is 0 Å². The molecule has 0 atom stereocenters. The Kier molecular flexibility index (Phi) is 5.27. The maximum atomic E-state index is 13.0. The molecule has 7 nitrogen and oxygen atoms in total. The number of methoxy groups -OCH3 is 1. The summed E-state index contributed by atoms with van der Waals surface area (Å²) in [6.07, 6.45) is 0.504. The number of ether oxygens (including phenoxy) is 2. The summed E-state index contributed by atoms with van der Waals surface area (Å²) in [6.45, 7) is 3.07. The number of nitrogens with one attached hydrogen (secondary N) is 1. The van der Waals surface area contributed by atoms with Crippen LogP contribution >= 0.6 is 0 Å². The minimum atomic E-state index is -0.577. The molecule has 1 aromatic heterocycles. The summed E-state index contributed by atoms with van der Waals surface area (Å²) in [7, 11) is 1.59. The minimum Gasteiger partial charge on any atom is -0.506 e. The first-order chi connectivity index (χ1) is 12.6. The summed E-state index contributed by atoms with van der Waals surface area (Å²) in [5.41, 5.74) is 1.39. The first-order valence-electron chi connectivity index (χ1n) is 8.53.